The van der Waals surface area contributed by atoms with Gasteiger partial charge in [-0.05, 0) is 0 Å². The molecule has 0 aromatic rings. The number of hydrogen-bond donors (Lipinski definition) is 1. The van der Waals surface area contributed by atoms with Crippen molar-refractivity contribution in [1.29, 1.82) is 0 Å². The number of carbonyl (C=O) groups excluding carboxylic acids is 3. The molecule has 0 aliphatic carbocycles. The fourth-order valence-electron chi connectivity index (χ4n) is 0.299. The molecule has 0 aliphatic heterocycles. The summed E-state index contributed by atoms with van der Waals surface area (Å²) in [5.74, 6) is -1.91. The van der Waals surface area contributed by atoms with Crippen LogP contribution in [0.1, 0.15) is 0 Å². The topological polar surface area (TPSA) is 72.5 Å². The standard InChI is InChI=1S/C5H7NO4/c1-10-5(9)4(8)6-2-3-7/h3H,2H2,1H3,(H,6,8). The molecular formula is C5H7NO4. The zero-order chi connectivity index (χ0) is 7.98. The number of carbonyl (C=O) groups is 3. The maximum absolute atomic E-state index is 10.4. The van der Waals surface area contributed by atoms with Gasteiger partial charge in [0.1, 0.15) is 6.29 Å². The summed E-state index contributed by atoms with van der Waals surface area (Å²) in [6.07, 6.45) is 0.473. The molecule has 0 radical (unpaired) electrons. The van der Waals surface area contributed by atoms with Crippen molar-refractivity contribution >= 4 is 18.2 Å². The summed E-state index contributed by atoms with van der Waals surface area (Å²) >= 11 is 0. The van der Waals surface area contributed by atoms with E-state index in [2.05, 4.69) is 4.74 Å². The summed E-state index contributed by atoms with van der Waals surface area (Å²) in [5, 5.41) is 2.00. The van der Waals surface area contributed by atoms with E-state index in [1.54, 1.807) is 0 Å². The van der Waals surface area contributed by atoms with Gasteiger partial charge in [-0.25, -0.2) is 4.79 Å². The van der Waals surface area contributed by atoms with Crippen LogP contribution in [0.2, 0.25) is 0 Å². The first kappa shape index (κ1) is 8.61. The Balaban J connectivity index is 3.62. The highest BCUT2D eigenvalue weighted by Gasteiger charge is 2.11. The highest BCUT2D eigenvalue weighted by atomic mass is 16.5. The molecule has 0 saturated heterocycles. The Morgan fingerprint density at radius 2 is 2.20 bits per heavy atom. The summed E-state index contributed by atoms with van der Waals surface area (Å²) in [4.78, 5) is 30.3. The van der Waals surface area contributed by atoms with Crippen LogP contribution < -0.4 is 5.32 Å². The molecule has 0 aromatic carbocycles. The lowest BCUT2D eigenvalue weighted by atomic mass is 10.6. The van der Waals surface area contributed by atoms with E-state index in [-0.39, 0.29) is 6.54 Å². The Labute approximate surface area is 57.3 Å². The van der Waals surface area contributed by atoms with Gasteiger partial charge in [0, 0.05) is 0 Å². The van der Waals surface area contributed by atoms with Crippen molar-refractivity contribution in [2.45, 2.75) is 0 Å². The first-order valence-corrected chi connectivity index (χ1v) is 2.52. The summed E-state index contributed by atoms with van der Waals surface area (Å²) in [6, 6.07) is 0. The van der Waals surface area contributed by atoms with Crippen molar-refractivity contribution in [3.05, 3.63) is 0 Å². The molecular weight excluding hydrogens is 138 g/mol. The number of rotatable bonds is 2. The minimum absolute atomic E-state index is 0.173. The molecule has 0 spiro atoms. The van der Waals surface area contributed by atoms with Crippen LogP contribution in [-0.2, 0) is 19.1 Å². The zero-order valence-corrected chi connectivity index (χ0v) is 5.42. The second-order valence-corrected chi connectivity index (χ2v) is 1.37. The number of esters is 1. The molecule has 0 fully saturated rings. The molecule has 0 atom stereocenters. The fourth-order valence-corrected chi connectivity index (χ4v) is 0.299. The lowest BCUT2D eigenvalue weighted by Gasteiger charge is -1.96. The van der Waals surface area contributed by atoms with Crippen LogP contribution in [0.5, 0.6) is 0 Å². The molecule has 1 amide bonds. The van der Waals surface area contributed by atoms with E-state index in [1.807, 2.05) is 5.32 Å². The third kappa shape index (κ3) is 2.81. The highest BCUT2D eigenvalue weighted by molar-refractivity contribution is 6.32. The van der Waals surface area contributed by atoms with E-state index in [0.29, 0.717) is 6.29 Å². The third-order valence-corrected chi connectivity index (χ3v) is 0.717. The lowest BCUT2D eigenvalue weighted by molar-refractivity contribution is -0.152. The summed E-state index contributed by atoms with van der Waals surface area (Å²) < 4.78 is 4.04. The van der Waals surface area contributed by atoms with Gasteiger partial charge in [0.05, 0.1) is 13.7 Å². The van der Waals surface area contributed by atoms with Gasteiger partial charge in [0.15, 0.2) is 0 Å². The quantitative estimate of drug-likeness (QED) is 0.291. The van der Waals surface area contributed by atoms with Crippen molar-refractivity contribution in [2.24, 2.45) is 0 Å². The summed E-state index contributed by atoms with van der Waals surface area (Å²) in [7, 11) is 1.09. The largest absolute Gasteiger partial charge is 0.462 e. The molecule has 0 aliphatic rings. The number of amides is 1. The Bertz CT molecular complexity index is 154. The number of nitrogens with one attached hydrogen (secondary N) is 1. The van der Waals surface area contributed by atoms with Gasteiger partial charge >= 0.3 is 11.9 Å². The van der Waals surface area contributed by atoms with Crippen molar-refractivity contribution < 1.29 is 19.1 Å². The van der Waals surface area contributed by atoms with Crippen LogP contribution >= 0.6 is 0 Å². The average Bonchev–Trinajstić information content (AvgIpc) is 1.98. The van der Waals surface area contributed by atoms with Crippen LogP contribution in [-0.4, -0.2) is 31.8 Å². The van der Waals surface area contributed by atoms with Crippen LogP contribution in [0.25, 0.3) is 0 Å². The molecule has 0 unspecified atom stereocenters. The van der Waals surface area contributed by atoms with Gasteiger partial charge in [0.2, 0.25) is 0 Å². The maximum atomic E-state index is 10.4. The monoisotopic (exact) mass is 145 g/mol. The molecule has 56 valence electrons. The molecule has 0 heterocycles. The number of aldehydes is 1. The van der Waals surface area contributed by atoms with Crippen LogP contribution in [0.4, 0.5) is 0 Å². The molecule has 0 rings (SSSR count). The van der Waals surface area contributed by atoms with E-state index >= 15 is 0 Å². The van der Waals surface area contributed by atoms with Gasteiger partial charge in [-0.3, -0.25) is 4.79 Å². The molecule has 0 saturated carbocycles. The second kappa shape index (κ2) is 4.49. The summed E-state index contributed by atoms with van der Waals surface area (Å²) in [5.41, 5.74) is 0. The van der Waals surface area contributed by atoms with Crippen molar-refractivity contribution in [3.8, 4) is 0 Å². The zero-order valence-electron chi connectivity index (χ0n) is 5.42. The van der Waals surface area contributed by atoms with Crippen molar-refractivity contribution in [3.63, 3.8) is 0 Å². The number of methoxy groups -OCH3 is 1. The SMILES string of the molecule is COC(=O)C(=O)NCC=O. The molecule has 0 aromatic heterocycles. The Morgan fingerprint density at radius 1 is 1.60 bits per heavy atom. The first-order valence-electron chi connectivity index (χ1n) is 2.52. The average molecular weight is 145 g/mol. The van der Waals surface area contributed by atoms with Gasteiger partial charge in [-0.2, -0.15) is 0 Å². The van der Waals surface area contributed by atoms with Crippen LogP contribution in [0.15, 0.2) is 0 Å². The predicted octanol–water partition coefficient (Wildman–Crippen LogP) is -1.53. The highest BCUT2D eigenvalue weighted by Crippen LogP contribution is 1.71. The van der Waals surface area contributed by atoms with E-state index in [1.165, 1.54) is 0 Å². The third-order valence-electron chi connectivity index (χ3n) is 0.717. The molecule has 5 nitrogen and oxygen atoms in total. The lowest BCUT2D eigenvalue weighted by Crippen LogP contribution is -2.32. The Morgan fingerprint density at radius 3 is 2.60 bits per heavy atom. The second-order valence-electron chi connectivity index (χ2n) is 1.37. The van der Waals surface area contributed by atoms with Crippen molar-refractivity contribution in [2.75, 3.05) is 13.7 Å². The van der Waals surface area contributed by atoms with Gasteiger partial charge in [-0.1, -0.05) is 0 Å². The molecule has 10 heavy (non-hydrogen) atoms. The number of hydrogen-bond acceptors (Lipinski definition) is 4. The van der Waals surface area contributed by atoms with E-state index in [4.69, 9.17) is 0 Å². The van der Waals surface area contributed by atoms with Gasteiger partial charge in [-0.15, -0.1) is 0 Å². The van der Waals surface area contributed by atoms with E-state index < -0.39 is 11.9 Å². The maximum Gasteiger partial charge on any atom is 0.396 e. The minimum atomic E-state index is -0.998. The minimum Gasteiger partial charge on any atom is -0.462 e. The Hall–Kier alpha value is -1.39. The van der Waals surface area contributed by atoms with E-state index in [0.717, 1.165) is 7.11 Å². The van der Waals surface area contributed by atoms with Crippen molar-refractivity contribution in [1.82, 2.24) is 5.32 Å². The van der Waals surface area contributed by atoms with Crippen LogP contribution in [0.3, 0.4) is 0 Å². The van der Waals surface area contributed by atoms with Gasteiger partial charge in [0.25, 0.3) is 0 Å². The predicted molar refractivity (Wildman–Crippen MR) is 31.1 cm³/mol. The first-order chi connectivity index (χ1) is 4.72. The smallest absolute Gasteiger partial charge is 0.396 e. The fraction of sp³-hybridized carbons (Fsp3) is 0.400. The normalized spacial score (nSPS) is 8.10. The number of ether oxygens (including phenoxy) is 1. The molecule has 0 bridgehead atoms. The van der Waals surface area contributed by atoms with Crippen LogP contribution in [0, 0.1) is 0 Å². The van der Waals surface area contributed by atoms with E-state index in [9.17, 15) is 14.4 Å². The molecule has 1 N–H and O–H groups in total. The molecule has 5 heteroatoms. The summed E-state index contributed by atoms with van der Waals surface area (Å²) in [6.45, 7) is -0.173. The van der Waals surface area contributed by atoms with Gasteiger partial charge < -0.3 is 14.8 Å². The Kier molecular flexibility index (Phi) is 3.86.